The molecule has 1 heterocycles. The van der Waals surface area contributed by atoms with E-state index in [0.717, 1.165) is 12.1 Å². The van der Waals surface area contributed by atoms with Gasteiger partial charge in [0.25, 0.3) is 0 Å². The predicted octanol–water partition coefficient (Wildman–Crippen LogP) is 2.69. The van der Waals surface area contributed by atoms with E-state index in [1.165, 1.54) is 0 Å². The number of amides is 1. The lowest BCUT2D eigenvalue weighted by Crippen LogP contribution is -2.35. The number of halogens is 4. The van der Waals surface area contributed by atoms with E-state index in [4.69, 9.17) is 11.6 Å². The molecule has 4 nitrogen and oxygen atoms in total. The fourth-order valence-electron chi connectivity index (χ4n) is 1.29. The summed E-state index contributed by atoms with van der Waals surface area (Å²) in [4.78, 5) is 15.0. The van der Waals surface area contributed by atoms with Crippen LogP contribution in [0.5, 0.6) is 0 Å². The van der Waals surface area contributed by atoms with Gasteiger partial charge in [0.15, 0.2) is 0 Å². The fourth-order valence-corrected chi connectivity index (χ4v) is 1.50. The van der Waals surface area contributed by atoms with E-state index < -0.39 is 11.7 Å². The van der Waals surface area contributed by atoms with Gasteiger partial charge in [0.05, 0.1) is 12.1 Å². The molecule has 0 aliphatic carbocycles. The first-order valence-corrected chi connectivity index (χ1v) is 5.84. The highest BCUT2D eigenvalue weighted by atomic mass is 35.5. The number of anilines is 1. The molecule has 0 atom stereocenters. The molecular formula is C11H13ClF3N3O. The summed E-state index contributed by atoms with van der Waals surface area (Å²) in [6.07, 6.45) is -4.51. The highest BCUT2D eigenvalue weighted by molar-refractivity contribution is 6.29. The Labute approximate surface area is 113 Å². The molecule has 0 radical (unpaired) electrons. The summed E-state index contributed by atoms with van der Waals surface area (Å²) in [5.41, 5.74) is -0.917. The Morgan fingerprint density at radius 3 is 2.58 bits per heavy atom. The number of pyridine rings is 1. The number of nitrogens with one attached hydrogen (secondary N) is 2. The molecule has 19 heavy (non-hydrogen) atoms. The van der Waals surface area contributed by atoms with Gasteiger partial charge in [0.2, 0.25) is 5.91 Å². The number of carbonyl (C=O) groups excluding carboxylic acids is 1. The van der Waals surface area contributed by atoms with Gasteiger partial charge in [0.1, 0.15) is 11.0 Å². The summed E-state index contributed by atoms with van der Waals surface area (Å²) in [6.45, 7) is 3.37. The van der Waals surface area contributed by atoms with Gasteiger partial charge in [0, 0.05) is 6.04 Å². The smallest absolute Gasteiger partial charge is 0.361 e. The van der Waals surface area contributed by atoms with Crippen LogP contribution in [-0.2, 0) is 11.0 Å². The maximum Gasteiger partial charge on any atom is 0.416 e. The molecule has 0 spiro atoms. The van der Waals surface area contributed by atoms with E-state index in [1.807, 2.05) is 0 Å². The summed E-state index contributed by atoms with van der Waals surface area (Å²) in [5, 5.41) is 4.79. The van der Waals surface area contributed by atoms with Crippen molar-refractivity contribution in [3.63, 3.8) is 0 Å². The molecule has 2 N–H and O–H groups in total. The van der Waals surface area contributed by atoms with E-state index >= 15 is 0 Å². The van der Waals surface area contributed by atoms with Crippen molar-refractivity contribution >= 4 is 23.3 Å². The topological polar surface area (TPSA) is 54.0 Å². The number of alkyl halides is 3. The highest BCUT2D eigenvalue weighted by Gasteiger charge is 2.31. The Kier molecular flexibility index (Phi) is 4.99. The van der Waals surface area contributed by atoms with Crippen LogP contribution >= 0.6 is 11.6 Å². The van der Waals surface area contributed by atoms with Gasteiger partial charge in [-0.2, -0.15) is 13.2 Å². The normalized spacial score (nSPS) is 11.5. The number of carbonyl (C=O) groups is 1. The van der Waals surface area contributed by atoms with Gasteiger partial charge >= 0.3 is 6.18 Å². The molecular weight excluding hydrogens is 283 g/mol. The second kappa shape index (κ2) is 6.10. The van der Waals surface area contributed by atoms with Gasteiger partial charge in [-0.3, -0.25) is 4.79 Å². The van der Waals surface area contributed by atoms with E-state index in [2.05, 4.69) is 15.6 Å². The molecule has 0 aliphatic rings. The van der Waals surface area contributed by atoms with Gasteiger partial charge in [-0.15, -0.1) is 0 Å². The highest BCUT2D eigenvalue weighted by Crippen LogP contribution is 2.31. The van der Waals surface area contributed by atoms with Crippen molar-refractivity contribution in [3.8, 4) is 0 Å². The zero-order chi connectivity index (χ0) is 14.6. The number of nitrogens with zero attached hydrogens (tertiary/aromatic N) is 1. The lowest BCUT2D eigenvalue weighted by atomic mass is 10.2. The second-order valence-corrected chi connectivity index (χ2v) is 4.52. The quantitative estimate of drug-likeness (QED) is 0.840. The van der Waals surface area contributed by atoms with Crippen LogP contribution in [0.25, 0.3) is 0 Å². The molecule has 0 unspecified atom stereocenters. The first-order chi connectivity index (χ1) is 8.68. The molecule has 1 amide bonds. The third-order valence-corrected chi connectivity index (χ3v) is 2.19. The lowest BCUT2D eigenvalue weighted by Gasteiger charge is -2.12. The molecule has 1 aromatic rings. The third kappa shape index (κ3) is 5.34. The van der Waals surface area contributed by atoms with E-state index in [-0.39, 0.29) is 29.5 Å². The van der Waals surface area contributed by atoms with Crippen molar-refractivity contribution in [2.45, 2.75) is 26.1 Å². The molecule has 0 bridgehead atoms. The summed E-state index contributed by atoms with van der Waals surface area (Å²) in [5.74, 6) is -0.441. The zero-order valence-corrected chi connectivity index (χ0v) is 11.1. The lowest BCUT2D eigenvalue weighted by molar-refractivity contribution is -0.137. The van der Waals surface area contributed by atoms with Gasteiger partial charge < -0.3 is 10.6 Å². The van der Waals surface area contributed by atoms with E-state index in [9.17, 15) is 18.0 Å². The fraction of sp³-hybridized carbons (Fsp3) is 0.455. The molecule has 0 saturated carbocycles. The minimum atomic E-state index is -4.51. The molecule has 0 aromatic carbocycles. The van der Waals surface area contributed by atoms with Crippen molar-refractivity contribution in [1.82, 2.24) is 10.3 Å². The number of hydrogen-bond donors (Lipinski definition) is 2. The predicted molar refractivity (Wildman–Crippen MR) is 66.0 cm³/mol. The molecule has 106 valence electrons. The average molecular weight is 296 g/mol. The summed E-state index contributed by atoms with van der Waals surface area (Å²) < 4.78 is 37.6. The zero-order valence-electron chi connectivity index (χ0n) is 10.3. The Morgan fingerprint density at radius 1 is 1.42 bits per heavy atom. The van der Waals surface area contributed by atoms with Gasteiger partial charge in [-0.05, 0) is 26.0 Å². The SMILES string of the molecule is CC(C)NC(=O)CNc1cc(C(F)(F)F)cc(Cl)n1. The van der Waals surface area contributed by atoms with Crippen molar-refractivity contribution in [2.24, 2.45) is 0 Å². The van der Waals surface area contributed by atoms with Gasteiger partial charge in [-0.1, -0.05) is 11.6 Å². The third-order valence-electron chi connectivity index (χ3n) is 2.00. The van der Waals surface area contributed by atoms with Crippen LogP contribution < -0.4 is 10.6 Å². The molecule has 0 fully saturated rings. The van der Waals surface area contributed by atoms with Crippen molar-refractivity contribution in [3.05, 3.63) is 22.8 Å². The van der Waals surface area contributed by atoms with Crippen molar-refractivity contribution < 1.29 is 18.0 Å². The van der Waals surface area contributed by atoms with E-state index in [0.29, 0.717) is 0 Å². The Bertz CT molecular complexity index is 463. The maximum absolute atomic E-state index is 12.5. The van der Waals surface area contributed by atoms with Crippen LogP contribution in [0.4, 0.5) is 19.0 Å². The maximum atomic E-state index is 12.5. The largest absolute Gasteiger partial charge is 0.416 e. The minimum absolute atomic E-state index is 0.0487. The summed E-state index contributed by atoms with van der Waals surface area (Å²) in [6, 6.07) is 1.47. The minimum Gasteiger partial charge on any atom is -0.361 e. The number of rotatable bonds is 4. The van der Waals surface area contributed by atoms with Crippen LogP contribution in [0.15, 0.2) is 12.1 Å². The molecule has 0 aliphatic heterocycles. The molecule has 1 aromatic heterocycles. The second-order valence-electron chi connectivity index (χ2n) is 4.14. The Morgan fingerprint density at radius 2 is 2.05 bits per heavy atom. The average Bonchev–Trinajstić information content (AvgIpc) is 2.23. The van der Waals surface area contributed by atoms with Crippen LogP contribution in [0.1, 0.15) is 19.4 Å². The van der Waals surface area contributed by atoms with Crippen molar-refractivity contribution in [2.75, 3.05) is 11.9 Å². The van der Waals surface area contributed by atoms with Gasteiger partial charge in [-0.25, -0.2) is 4.98 Å². The standard InChI is InChI=1S/C11H13ClF3N3O/c1-6(2)17-10(19)5-16-9-4-7(11(13,14)15)3-8(12)18-9/h3-4,6H,5H2,1-2H3,(H,16,18)(H,17,19). The summed E-state index contributed by atoms with van der Waals surface area (Å²) >= 11 is 5.50. The first kappa shape index (κ1) is 15.6. The van der Waals surface area contributed by atoms with Crippen LogP contribution in [0.2, 0.25) is 5.15 Å². The van der Waals surface area contributed by atoms with Crippen LogP contribution in [0, 0.1) is 0 Å². The van der Waals surface area contributed by atoms with Crippen LogP contribution in [-0.4, -0.2) is 23.5 Å². The molecule has 1 rings (SSSR count). The number of aromatic nitrogens is 1. The van der Waals surface area contributed by atoms with Crippen LogP contribution in [0.3, 0.4) is 0 Å². The monoisotopic (exact) mass is 295 g/mol. The number of hydrogen-bond acceptors (Lipinski definition) is 3. The molecule has 8 heteroatoms. The first-order valence-electron chi connectivity index (χ1n) is 5.46. The Hall–Kier alpha value is -1.50. The molecule has 0 saturated heterocycles. The van der Waals surface area contributed by atoms with Crippen molar-refractivity contribution in [1.29, 1.82) is 0 Å². The van der Waals surface area contributed by atoms with E-state index in [1.54, 1.807) is 13.8 Å². The summed E-state index contributed by atoms with van der Waals surface area (Å²) in [7, 11) is 0. The Balaban J connectivity index is 2.74.